The fraction of sp³-hybridized carbons (Fsp3) is 0.333. The Labute approximate surface area is 180 Å². The quantitative estimate of drug-likeness (QED) is 0.505. The van der Waals surface area contributed by atoms with Crippen LogP contribution in [0.25, 0.3) is 10.2 Å². The molecule has 0 aliphatic rings. The van der Waals surface area contributed by atoms with Gasteiger partial charge in [-0.15, -0.1) is 12.4 Å². The summed E-state index contributed by atoms with van der Waals surface area (Å²) in [5.41, 5.74) is 1.20. The van der Waals surface area contributed by atoms with E-state index in [0.29, 0.717) is 29.6 Å². The molecule has 0 bridgehead atoms. The Balaban J connectivity index is 0.00000300. The van der Waals surface area contributed by atoms with Gasteiger partial charge < -0.3 is 9.64 Å². The number of para-hydroxylation sites is 1. The van der Waals surface area contributed by atoms with Crippen LogP contribution in [0.4, 0.5) is 9.52 Å². The third-order valence-electron chi connectivity index (χ3n) is 4.22. The summed E-state index contributed by atoms with van der Waals surface area (Å²) in [5.74, 6) is 0.165. The third kappa shape index (κ3) is 5.65. The molecule has 0 spiro atoms. The number of benzene rings is 2. The van der Waals surface area contributed by atoms with E-state index in [1.54, 1.807) is 4.90 Å². The smallest absolute Gasteiger partial charge is 0.260 e. The number of anilines is 1. The first-order valence-electron chi connectivity index (χ1n) is 9.24. The Morgan fingerprint density at radius 2 is 1.86 bits per heavy atom. The minimum atomic E-state index is -0.364. The maximum Gasteiger partial charge on any atom is 0.260 e. The Morgan fingerprint density at radius 3 is 2.52 bits per heavy atom. The number of aromatic nitrogens is 1. The van der Waals surface area contributed by atoms with Gasteiger partial charge in [-0.3, -0.25) is 9.69 Å². The van der Waals surface area contributed by atoms with Gasteiger partial charge in [-0.2, -0.15) is 0 Å². The van der Waals surface area contributed by atoms with E-state index in [4.69, 9.17) is 9.72 Å². The van der Waals surface area contributed by atoms with E-state index in [0.717, 1.165) is 23.2 Å². The van der Waals surface area contributed by atoms with E-state index >= 15 is 0 Å². The van der Waals surface area contributed by atoms with Crippen molar-refractivity contribution in [1.82, 2.24) is 9.88 Å². The van der Waals surface area contributed by atoms with Crippen molar-refractivity contribution in [2.24, 2.45) is 0 Å². The van der Waals surface area contributed by atoms with Gasteiger partial charge in [0.2, 0.25) is 0 Å². The number of hydrogen-bond donors (Lipinski definition) is 0. The highest BCUT2D eigenvalue weighted by Crippen LogP contribution is 2.34. The van der Waals surface area contributed by atoms with Crippen LogP contribution in [0.2, 0.25) is 0 Å². The minimum absolute atomic E-state index is 0. The van der Waals surface area contributed by atoms with Crippen LogP contribution in [0.1, 0.15) is 23.7 Å². The van der Waals surface area contributed by atoms with Crippen molar-refractivity contribution in [2.45, 2.75) is 13.3 Å². The van der Waals surface area contributed by atoms with E-state index in [2.05, 4.69) is 4.90 Å². The molecule has 0 radical (unpaired) electrons. The van der Waals surface area contributed by atoms with Crippen LogP contribution in [0, 0.1) is 5.82 Å². The molecule has 29 heavy (non-hydrogen) atoms. The summed E-state index contributed by atoms with van der Waals surface area (Å²) in [5, 5.41) is 0.621. The van der Waals surface area contributed by atoms with Crippen molar-refractivity contribution in [3.63, 3.8) is 0 Å². The van der Waals surface area contributed by atoms with Gasteiger partial charge >= 0.3 is 0 Å². The van der Waals surface area contributed by atoms with Crippen molar-refractivity contribution in [3.05, 3.63) is 53.8 Å². The lowest BCUT2D eigenvalue weighted by molar-refractivity contribution is 0.0986. The molecule has 5 nitrogen and oxygen atoms in total. The van der Waals surface area contributed by atoms with E-state index in [-0.39, 0.29) is 24.1 Å². The molecule has 1 heterocycles. The molecule has 0 saturated heterocycles. The predicted molar refractivity (Wildman–Crippen MR) is 119 cm³/mol. The summed E-state index contributed by atoms with van der Waals surface area (Å²) in [6, 6.07) is 11.4. The highest BCUT2D eigenvalue weighted by atomic mass is 35.5. The second-order valence-corrected chi connectivity index (χ2v) is 7.66. The molecule has 0 unspecified atom stereocenters. The van der Waals surface area contributed by atoms with Crippen molar-refractivity contribution in [3.8, 4) is 5.75 Å². The van der Waals surface area contributed by atoms with Crippen LogP contribution >= 0.6 is 23.7 Å². The molecule has 3 aromatic rings. The zero-order valence-corrected chi connectivity index (χ0v) is 18.4. The molecule has 1 amide bonds. The van der Waals surface area contributed by atoms with Gasteiger partial charge in [-0.05, 0) is 70.4 Å². The number of rotatable bonds is 8. The topological polar surface area (TPSA) is 45.7 Å². The van der Waals surface area contributed by atoms with Crippen LogP contribution in [0.5, 0.6) is 5.75 Å². The van der Waals surface area contributed by atoms with E-state index in [9.17, 15) is 9.18 Å². The first-order valence-corrected chi connectivity index (χ1v) is 10.1. The van der Waals surface area contributed by atoms with E-state index in [1.165, 1.54) is 35.6 Å². The molecule has 0 saturated carbocycles. The van der Waals surface area contributed by atoms with Crippen molar-refractivity contribution >= 4 is 45.0 Å². The highest BCUT2D eigenvalue weighted by Gasteiger charge is 2.22. The number of nitrogens with zero attached hydrogens (tertiary/aromatic N) is 3. The lowest BCUT2D eigenvalue weighted by Crippen LogP contribution is -2.33. The Kier molecular flexibility index (Phi) is 8.37. The predicted octanol–water partition coefficient (Wildman–Crippen LogP) is 4.85. The molecule has 3 rings (SSSR count). The highest BCUT2D eigenvalue weighted by molar-refractivity contribution is 7.22. The van der Waals surface area contributed by atoms with Crippen LogP contribution < -0.4 is 9.64 Å². The fourth-order valence-corrected chi connectivity index (χ4v) is 3.88. The second kappa shape index (κ2) is 10.5. The number of thiazole rings is 1. The maximum atomic E-state index is 13.3. The Morgan fingerprint density at radius 1 is 1.14 bits per heavy atom. The summed E-state index contributed by atoms with van der Waals surface area (Å²) in [6.45, 7) is 3.85. The molecule has 0 aliphatic carbocycles. The number of amides is 1. The first kappa shape index (κ1) is 23.1. The average Bonchev–Trinajstić information content (AvgIpc) is 3.10. The normalized spacial score (nSPS) is 10.8. The molecule has 156 valence electrons. The van der Waals surface area contributed by atoms with Crippen molar-refractivity contribution < 1.29 is 13.9 Å². The lowest BCUT2D eigenvalue weighted by atomic mass is 10.2. The summed E-state index contributed by atoms with van der Waals surface area (Å²) < 4.78 is 19.9. The maximum absolute atomic E-state index is 13.3. The fourth-order valence-electron chi connectivity index (χ4n) is 2.88. The van der Waals surface area contributed by atoms with Gasteiger partial charge in [0.25, 0.3) is 5.91 Å². The summed E-state index contributed by atoms with van der Waals surface area (Å²) >= 11 is 1.46. The number of fused-ring (bicyclic) bond motifs is 1. The average molecular weight is 438 g/mol. The molecule has 2 aromatic carbocycles. The van der Waals surface area contributed by atoms with Crippen LogP contribution in [0.15, 0.2) is 42.5 Å². The molecular weight excluding hydrogens is 413 g/mol. The number of halogens is 2. The van der Waals surface area contributed by atoms with Crippen LogP contribution in [-0.2, 0) is 0 Å². The third-order valence-corrected chi connectivity index (χ3v) is 5.27. The number of ether oxygens (including phenoxy) is 1. The zero-order valence-electron chi connectivity index (χ0n) is 16.7. The summed E-state index contributed by atoms with van der Waals surface area (Å²) in [6.07, 6.45) is 0.800. The summed E-state index contributed by atoms with van der Waals surface area (Å²) in [7, 11) is 4.00. The van der Waals surface area contributed by atoms with E-state index < -0.39 is 0 Å². The summed E-state index contributed by atoms with van der Waals surface area (Å²) in [4.78, 5) is 21.6. The van der Waals surface area contributed by atoms with Crippen LogP contribution in [0.3, 0.4) is 0 Å². The second-order valence-electron chi connectivity index (χ2n) is 6.65. The Bertz CT molecular complexity index is 947. The zero-order chi connectivity index (χ0) is 20.1. The van der Waals surface area contributed by atoms with E-state index in [1.807, 2.05) is 39.2 Å². The van der Waals surface area contributed by atoms with Gasteiger partial charge in [-0.25, -0.2) is 9.37 Å². The monoisotopic (exact) mass is 437 g/mol. The number of hydrogen-bond acceptors (Lipinski definition) is 5. The van der Waals surface area contributed by atoms with Gasteiger partial charge in [0.15, 0.2) is 5.13 Å². The molecule has 0 N–H and O–H groups in total. The van der Waals surface area contributed by atoms with Gasteiger partial charge in [0.05, 0.1) is 11.3 Å². The lowest BCUT2D eigenvalue weighted by Gasteiger charge is -2.21. The number of carbonyl (C=O) groups is 1. The standard InChI is InChI=1S/C21H24FN3O2S.ClH/c1-4-27-17-7-5-8-18-19(17)23-21(28-18)25(14-6-13-24(2)3)20(26)15-9-11-16(22)12-10-15;/h5,7-12H,4,6,13-14H2,1-3H3;1H. The molecule has 0 aliphatic heterocycles. The van der Waals surface area contributed by atoms with Crippen molar-refractivity contribution in [2.75, 3.05) is 38.7 Å². The molecule has 0 fully saturated rings. The molecule has 8 heteroatoms. The van der Waals surface area contributed by atoms with Crippen molar-refractivity contribution in [1.29, 1.82) is 0 Å². The largest absolute Gasteiger partial charge is 0.492 e. The molecule has 1 aromatic heterocycles. The van der Waals surface area contributed by atoms with Gasteiger partial charge in [0, 0.05) is 12.1 Å². The molecule has 0 atom stereocenters. The Hall–Kier alpha value is -2.22. The minimum Gasteiger partial charge on any atom is -0.492 e. The SMILES string of the molecule is CCOc1cccc2sc(N(CCCN(C)C)C(=O)c3ccc(F)cc3)nc12.Cl. The van der Waals surface area contributed by atoms with Crippen LogP contribution in [-0.4, -0.2) is 49.6 Å². The first-order chi connectivity index (χ1) is 13.5. The molecular formula is C21H25ClFN3O2S. The van der Waals surface area contributed by atoms with Gasteiger partial charge in [-0.1, -0.05) is 17.4 Å². The van der Waals surface area contributed by atoms with Gasteiger partial charge in [0.1, 0.15) is 17.1 Å². The number of carbonyl (C=O) groups excluding carboxylic acids is 1.